The van der Waals surface area contributed by atoms with Crippen LogP contribution in [-0.4, -0.2) is 105 Å². The van der Waals surface area contributed by atoms with Crippen molar-refractivity contribution in [1.82, 2.24) is 0 Å². The van der Waals surface area contributed by atoms with Crippen molar-refractivity contribution in [1.29, 1.82) is 0 Å². The van der Waals surface area contributed by atoms with Crippen LogP contribution in [0.15, 0.2) is 106 Å². The summed E-state index contributed by atoms with van der Waals surface area (Å²) in [7, 11) is -28.0. The molecule has 0 aromatic heterocycles. The molecule has 5 rings (SSSR count). The van der Waals surface area contributed by atoms with E-state index in [1.165, 1.54) is 19.2 Å². The predicted molar refractivity (Wildman–Crippen MR) is 209 cm³/mol. The number of anilines is 1. The average molecular weight is 970 g/mol. The molecule has 31 heteroatoms. The third-order valence-corrected chi connectivity index (χ3v) is 13.8. The van der Waals surface area contributed by atoms with Crippen LogP contribution in [0, 0.1) is 0 Å². The molecule has 5 aromatic rings. The molecule has 0 aliphatic heterocycles. The Morgan fingerprint density at radius 2 is 1.16 bits per heavy atom. The number of benzene rings is 5. The summed E-state index contributed by atoms with van der Waals surface area (Å²) in [4.78, 5) is -5.05. The molecule has 0 amide bonds. The summed E-state index contributed by atoms with van der Waals surface area (Å²) in [5, 5.41) is 27.9. The van der Waals surface area contributed by atoms with Crippen molar-refractivity contribution in [3.05, 3.63) is 60.7 Å². The highest BCUT2D eigenvalue weighted by atomic mass is 32.3. The minimum atomic E-state index is -5.32. The predicted octanol–water partition coefficient (Wildman–Crippen LogP) is 4.16. The Balaban J connectivity index is 1.70. The van der Waals surface area contributed by atoms with Gasteiger partial charge in [0.25, 0.3) is 40.5 Å². The first-order valence-electron chi connectivity index (χ1n) is 15.8. The number of hydrogen-bond donors (Lipinski definition) is 7. The molecule has 25 nitrogen and oxygen atoms in total. The van der Waals surface area contributed by atoms with E-state index in [9.17, 15) is 73.8 Å². The molecule has 5 aromatic carbocycles. The maximum atomic E-state index is 12.8. The SMILES string of the molecule is CNc1ccc2c(OC)c(N=Nc3ccc4cc(S(=O)(=O)O)cc(S(=O)(=O)O)c4c3O)c(S(=O)(=O)O)cc2c1N=Nc1ccc(S(=O)(=O)CCOS(=O)(=O)O)cc1S(=O)(=O)O. The van der Waals surface area contributed by atoms with Gasteiger partial charge in [0, 0.05) is 23.2 Å². The van der Waals surface area contributed by atoms with Crippen LogP contribution in [0.2, 0.25) is 0 Å². The van der Waals surface area contributed by atoms with Crippen LogP contribution in [0.5, 0.6) is 11.5 Å². The molecule has 328 valence electrons. The number of hydrogen-bond acceptors (Lipinski definition) is 20. The fourth-order valence-corrected chi connectivity index (χ4v) is 9.80. The van der Waals surface area contributed by atoms with Crippen molar-refractivity contribution in [2.45, 2.75) is 24.5 Å². The summed E-state index contributed by atoms with van der Waals surface area (Å²) in [6.45, 7) is -1.07. The van der Waals surface area contributed by atoms with Crippen molar-refractivity contribution in [2.75, 3.05) is 31.8 Å². The topological polar surface area (TPSA) is 406 Å². The number of rotatable bonds is 15. The number of aromatic hydroxyl groups is 1. The number of azo groups is 2. The van der Waals surface area contributed by atoms with Crippen LogP contribution in [0.4, 0.5) is 28.4 Å². The fraction of sp³-hybridized carbons (Fsp3) is 0.133. The Morgan fingerprint density at radius 1 is 0.590 bits per heavy atom. The minimum absolute atomic E-state index is 0.0468. The lowest BCUT2D eigenvalue weighted by Gasteiger charge is -2.15. The van der Waals surface area contributed by atoms with E-state index in [0.717, 1.165) is 43.5 Å². The lowest BCUT2D eigenvalue weighted by Crippen LogP contribution is -2.16. The van der Waals surface area contributed by atoms with E-state index < -0.39 is 131 Å². The third kappa shape index (κ3) is 10.2. The smallest absolute Gasteiger partial charge is 0.397 e. The second-order valence-corrected chi connectivity index (χ2v) is 20.8. The summed E-state index contributed by atoms with van der Waals surface area (Å²) < 4.78 is 203. The molecule has 0 fully saturated rings. The van der Waals surface area contributed by atoms with E-state index in [1.54, 1.807) is 0 Å². The standard InChI is InChI=1S/C30H27N5O20S6/c1-31-21-8-5-18-19(27(21)34-32-20-7-4-16(12-23(20)58(42,43)44)56(37,38)10-9-55-61(51,52)53)14-25(60(48,49)50)28(30(18)54-2)35-33-22-6-3-15-11-17(57(39,40)41)13-24(59(45,46)47)26(15)29(22)36/h3-8,11-14,31,36H,9-10H2,1-2H3,(H,39,40,41)(H,42,43,44)(H,45,46,47)(H,48,49,50)(H,51,52,53). The molecular formula is C30H27N5O20S6. The monoisotopic (exact) mass is 969 g/mol. The van der Waals surface area contributed by atoms with Crippen LogP contribution in [-0.2, 0) is 64.9 Å². The molecule has 0 heterocycles. The number of nitrogens with zero attached hydrogens (tertiary/aromatic N) is 4. The first-order chi connectivity index (χ1) is 28.0. The lowest BCUT2D eigenvalue weighted by atomic mass is 10.0. The Bertz CT molecular complexity index is 3410. The summed E-state index contributed by atoms with van der Waals surface area (Å²) in [5.74, 6) is -2.56. The summed E-state index contributed by atoms with van der Waals surface area (Å²) in [6, 6.07) is 8.64. The largest absolute Gasteiger partial charge is 0.505 e. The number of sulfone groups is 1. The molecule has 61 heavy (non-hydrogen) atoms. The number of nitrogens with one attached hydrogen (secondary N) is 1. The van der Waals surface area contributed by atoms with Gasteiger partial charge < -0.3 is 15.2 Å². The van der Waals surface area contributed by atoms with Crippen molar-refractivity contribution in [3.8, 4) is 11.5 Å². The van der Waals surface area contributed by atoms with E-state index in [1.807, 2.05) is 0 Å². The molecule has 0 aliphatic rings. The van der Waals surface area contributed by atoms with Gasteiger partial charge in [0.2, 0.25) is 0 Å². The van der Waals surface area contributed by atoms with E-state index in [4.69, 9.17) is 9.29 Å². The zero-order chi connectivity index (χ0) is 45.7. The number of phenols is 1. The third-order valence-electron chi connectivity index (χ3n) is 8.19. The summed E-state index contributed by atoms with van der Waals surface area (Å²) in [5.41, 5.74) is -2.25. The van der Waals surface area contributed by atoms with E-state index >= 15 is 0 Å². The number of fused-ring (bicyclic) bond motifs is 2. The maximum Gasteiger partial charge on any atom is 0.397 e. The fourth-order valence-electron chi connectivity index (χ4n) is 5.55. The van der Waals surface area contributed by atoms with Crippen LogP contribution in [0.1, 0.15) is 0 Å². The summed E-state index contributed by atoms with van der Waals surface area (Å²) >= 11 is 0. The first kappa shape index (κ1) is 46.7. The zero-order valence-electron chi connectivity index (χ0n) is 30.3. The molecule has 0 aliphatic carbocycles. The molecule has 0 bridgehead atoms. The second-order valence-electron chi connectivity index (χ2n) is 12.0. The second kappa shape index (κ2) is 16.5. The molecule has 0 unspecified atom stereocenters. The van der Waals surface area contributed by atoms with Gasteiger partial charge in [-0.3, -0.25) is 22.8 Å². The van der Waals surface area contributed by atoms with Crippen molar-refractivity contribution >= 4 is 111 Å². The molecule has 0 saturated heterocycles. The quantitative estimate of drug-likeness (QED) is 0.0572. The average Bonchev–Trinajstić information content (AvgIpc) is 3.13. The van der Waals surface area contributed by atoms with Crippen LogP contribution in [0.3, 0.4) is 0 Å². The van der Waals surface area contributed by atoms with E-state index in [2.05, 4.69) is 30.0 Å². The van der Waals surface area contributed by atoms with Gasteiger partial charge in [-0.15, -0.1) is 20.5 Å². The van der Waals surface area contributed by atoms with Crippen molar-refractivity contribution < 1.29 is 87.3 Å². The number of ether oxygens (including phenoxy) is 1. The highest BCUT2D eigenvalue weighted by Crippen LogP contribution is 2.48. The van der Waals surface area contributed by atoms with E-state index in [0.29, 0.717) is 12.1 Å². The normalized spacial score (nSPS) is 13.4. The Labute approximate surface area is 345 Å². The van der Waals surface area contributed by atoms with Gasteiger partial charge in [-0.2, -0.15) is 42.1 Å². The molecule has 0 atom stereocenters. The molecule has 7 N–H and O–H groups in total. The minimum Gasteiger partial charge on any atom is -0.505 e. The molecule has 0 saturated carbocycles. The molecule has 0 spiro atoms. The Kier molecular flexibility index (Phi) is 12.7. The van der Waals surface area contributed by atoms with Gasteiger partial charge >= 0.3 is 10.4 Å². The highest BCUT2D eigenvalue weighted by molar-refractivity contribution is 7.91. The number of methoxy groups -OCH3 is 1. The van der Waals surface area contributed by atoms with E-state index in [-0.39, 0.29) is 27.5 Å². The van der Waals surface area contributed by atoms with Crippen molar-refractivity contribution in [2.24, 2.45) is 20.5 Å². The molecule has 0 radical (unpaired) electrons. The van der Waals surface area contributed by atoms with Crippen LogP contribution < -0.4 is 10.1 Å². The van der Waals surface area contributed by atoms with Gasteiger partial charge in [0.15, 0.2) is 21.3 Å². The zero-order valence-corrected chi connectivity index (χ0v) is 35.2. The first-order valence-corrected chi connectivity index (χ1v) is 24.6. The van der Waals surface area contributed by atoms with Crippen LogP contribution in [0.25, 0.3) is 21.5 Å². The lowest BCUT2D eigenvalue weighted by molar-refractivity contribution is 0.284. The Hall–Kier alpha value is -5.32. The van der Waals surface area contributed by atoms with Gasteiger partial charge in [-0.1, -0.05) is 6.07 Å². The maximum absolute atomic E-state index is 12.8. The Morgan fingerprint density at radius 3 is 1.72 bits per heavy atom. The van der Waals surface area contributed by atoms with Gasteiger partial charge in [0.05, 0.1) is 34.9 Å². The summed E-state index contributed by atoms with van der Waals surface area (Å²) in [6.07, 6.45) is 0. The van der Waals surface area contributed by atoms with Crippen LogP contribution >= 0.6 is 0 Å². The van der Waals surface area contributed by atoms with Gasteiger partial charge in [-0.25, -0.2) is 12.6 Å². The number of phenolic OH excluding ortho intramolecular Hbond substituents is 1. The highest BCUT2D eigenvalue weighted by Gasteiger charge is 2.28. The van der Waals surface area contributed by atoms with Gasteiger partial charge in [0.1, 0.15) is 37.4 Å². The van der Waals surface area contributed by atoms with Gasteiger partial charge in [-0.05, 0) is 60.0 Å². The van der Waals surface area contributed by atoms with Crippen molar-refractivity contribution in [3.63, 3.8) is 0 Å². The molecular weight excluding hydrogens is 943 g/mol.